The molecule has 9 heavy (non-hydrogen) atoms. The second kappa shape index (κ2) is 5.78. The summed E-state index contributed by atoms with van der Waals surface area (Å²) in [7, 11) is 0. The number of aliphatic carboxylic acids is 1. The molecule has 50 valence electrons. The second-order valence-electron chi connectivity index (χ2n) is 1.60. The van der Waals surface area contributed by atoms with E-state index in [1.807, 2.05) is 0 Å². The fourth-order valence-corrected chi connectivity index (χ4v) is 0.206. The van der Waals surface area contributed by atoms with Gasteiger partial charge in [-0.3, -0.25) is 4.79 Å². The van der Waals surface area contributed by atoms with Crippen molar-refractivity contribution in [3.63, 3.8) is 0 Å². The molecular weight excluding hydrogens is 149 g/mol. The molecule has 0 saturated carbocycles. The van der Waals surface area contributed by atoms with Crippen LogP contribution in [0, 0.1) is 0 Å². The first kappa shape index (κ1) is 12.7. The van der Waals surface area contributed by atoms with Gasteiger partial charge < -0.3 is 15.9 Å². The molecule has 0 aliphatic heterocycles. The van der Waals surface area contributed by atoms with Gasteiger partial charge in [-0.05, 0) is 6.92 Å². The van der Waals surface area contributed by atoms with Crippen LogP contribution in [0.3, 0.4) is 0 Å². The van der Waals surface area contributed by atoms with Gasteiger partial charge in [0, 0.05) is 0 Å². The van der Waals surface area contributed by atoms with E-state index in [1.165, 1.54) is 6.92 Å². The van der Waals surface area contributed by atoms with E-state index in [4.69, 9.17) is 15.9 Å². The monoisotopic (exact) mass is 159 g/mol. The van der Waals surface area contributed by atoms with Gasteiger partial charge in [-0.1, -0.05) is 0 Å². The summed E-state index contributed by atoms with van der Waals surface area (Å²) in [6, 6.07) is -1.16. The first-order valence-corrected chi connectivity index (χ1v) is 2.22. The molecule has 2 atom stereocenters. The first-order valence-electron chi connectivity index (χ1n) is 2.22. The van der Waals surface area contributed by atoms with Crippen LogP contribution in [-0.4, -0.2) is 79.7 Å². The number of carboxylic acid groups (broad SMARTS) is 1. The van der Waals surface area contributed by atoms with Crippen LogP contribution in [0.15, 0.2) is 0 Å². The van der Waals surface area contributed by atoms with Crippen molar-refractivity contribution in [2.24, 2.45) is 5.73 Å². The van der Waals surface area contributed by atoms with Crippen molar-refractivity contribution in [2.45, 2.75) is 19.1 Å². The van der Waals surface area contributed by atoms with E-state index in [2.05, 4.69) is 0 Å². The van der Waals surface area contributed by atoms with E-state index in [0.29, 0.717) is 0 Å². The molecule has 0 radical (unpaired) electrons. The van der Waals surface area contributed by atoms with Crippen molar-refractivity contribution in [2.75, 3.05) is 0 Å². The number of aliphatic hydroxyl groups excluding tert-OH is 1. The van der Waals surface area contributed by atoms with Crippen molar-refractivity contribution >= 4 is 57.4 Å². The molecule has 0 aliphatic carbocycles. The van der Waals surface area contributed by atoms with E-state index in [9.17, 15) is 4.79 Å². The molecule has 0 spiro atoms. The third-order valence-electron chi connectivity index (χ3n) is 0.805. The minimum atomic E-state index is -1.18. The van der Waals surface area contributed by atoms with Crippen LogP contribution in [-0.2, 0) is 4.79 Å². The minimum absolute atomic E-state index is 0. The van der Waals surface area contributed by atoms with Gasteiger partial charge in [0.05, 0.1) is 6.10 Å². The summed E-state index contributed by atoms with van der Waals surface area (Å²) in [5, 5.41) is 16.6. The Morgan fingerprint density at radius 2 is 2.00 bits per heavy atom. The zero-order valence-corrected chi connectivity index (χ0v) is 4.53. The SMILES string of the molecule is C[C@@H](O)[C@H](N)C(=O)O.[KH]. The molecule has 0 unspecified atom stereocenters. The summed E-state index contributed by atoms with van der Waals surface area (Å²) in [6.07, 6.45) is -0.979. The average Bonchev–Trinajstić information content (AvgIpc) is 1.64. The number of hydrogen-bond donors (Lipinski definition) is 3. The number of aliphatic hydroxyl groups is 1. The standard InChI is InChI=1S/C4H9NO3.K.H/c1-2(6)3(5)4(7)8;;/h2-3,6H,5H2,1H3,(H,7,8);;/t2-,3+;;/m1../s1. The van der Waals surface area contributed by atoms with Crippen molar-refractivity contribution in [3.05, 3.63) is 0 Å². The fraction of sp³-hybridized carbons (Fsp3) is 0.750. The molecule has 0 saturated heterocycles. The molecule has 0 rings (SSSR count). The zero-order valence-electron chi connectivity index (χ0n) is 4.53. The van der Waals surface area contributed by atoms with Crippen molar-refractivity contribution in [1.82, 2.24) is 0 Å². The van der Waals surface area contributed by atoms with Crippen LogP contribution >= 0.6 is 0 Å². The average molecular weight is 159 g/mol. The number of hydrogen-bond acceptors (Lipinski definition) is 3. The van der Waals surface area contributed by atoms with E-state index in [1.54, 1.807) is 0 Å². The third-order valence-corrected chi connectivity index (χ3v) is 0.805. The van der Waals surface area contributed by atoms with Gasteiger partial charge in [0.2, 0.25) is 0 Å². The summed E-state index contributed by atoms with van der Waals surface area (Å²) in [5.74, 6) is -1.18. The molecule has 0 aromatic heterocycles. The quantitative estimate of drug-likeness (QED) is 0.412. The summed E-state index contributed by atoms with van der Waals surface area (Å²) in [6.45, 7) is 1.33. The molecule has 0 aliphatic rings. The Bertz CT molecular complexity index is 95.8. The van der Waals surface area contributed by atoms with Gasteiger partial charge in [-0.15, -0.1) is 0 Å². The number of carboxylic acids is 1. The van der Waals surface area contributed by atoms with Gasteiger partial charge in [0.25, 0.3) is 0 Å². The normalized spacial score (nSPS) is 15.4. The molecular formula is C4H10KNO3. The van der Waals surface area contributed by atoms with E-state index >= 15 is 0 Å². The van der Waals surface area contributed by atoms with Crippen LogP contribution in [0.25, 0.3) is 0 Å². The van der Waals surface area contributed by atoms with Crippen LogP contribution in [0.4, 0.5) is 0 Å². The second-order valence-corrected chi connectivity index (χ2v) is 1.60. The summed E-state index contributed by atoms with van der Waals surface area (Å²) in [5.41, 5.74) is 4.91. The Hall–Kier alpha value is 1.03. The molecule has 0 fully saturated rings. The third kappa shape index (κ3) is 5.47. The zero-order chi connectivity index (χ0) is 6.73. The van der Waals surface area contributed by atoms with Gasteiger partial charge in [0.1, 0.15) is 6.04 Å². The summed E-state index contributed by atoms with van der Waals surface area (Å²) < 4.78 is 0. The van der Waals surface area contributed by atoms with Gasteiger partial charge in [-0.2, -0.15) is 0 Å². The van der Waals surface area contributed by atoms with E-state index in [-0.39, 0.29) is 51.4 Å². The Kier molecular flexibility index (Phi) is 8.15. The molecule has 0 bridgehead atoms. The van der Waals surface area contributed by atoms with Gasteiger partial charge >= 0.3 is 57.4 Å². The maximum atomic E-state index is 9.86. The Labute approximate surface area is 95.8 Å². The van der Waals surface area contributed by atoms with Crippen LogP contribution in [0.1, 0.15) is 6.92 Å². The Morgan fingerprint density at radius 3 is 2.00 bits per heavy atom. The summed E-state index contributed by atoms with van der Waals surface area (Å²) in [4.78, 5) is 9.86. The summed E-state index contributed by atoms with van der Waals surface area (Å²) >= 11 is 0. The molecule has 4 nitrogen and oxygen atoms in total. The van der Waals surface area contributed by atoms with E-state index < -0.39 is 18.1 Å². The first-order chi connectivity index (χ1) is 3.55. The number of carbonyl (C=O) groups is 1. The molecule has 0 heterocycles. The van der Waals surface area contributed by atoms with Crippen molar-refractivity contribution in [3.8, 4) is 0 Å². The maximum absolute atomic E-state index is 9.86. The predicted molar refractivity (Wildman–Crippen MR) is 34.4 cm³/mol. The van der Waals surface area contributed by atoms with Crippen LogP contribution in [0.2, 0.25) is 0 Å². The van der Waals surface area contributed by atoms with Crippen LogP contribution in [0.5, 0.6) is 0 Å². The fourth-order valence-electron chi connectivity index (χ4n) is 0.206. The predicted octanol–water partition coefficient (Wildman–Crippen LogP) is -1.87. The molecule has 4 N–H and O–H groups in total. The van der Waals surface area contributed by atoms with Gasteiger partial charge in [-0.25, -0.2) is 0 Å². The van der Waals surface area contributed by atoms with Crippen molar-refractivity contribution < 1.29 is 15.0 Å². The molecule has 0 aromatic carbocycles. The number of nitrogens with two attached hydrogens (primary N) is 1. The van der Waals surface area contributed by atoms with Crippen LogP contribution < -0.4 is 5.73 Å². The van der Waals surface area contributed by atoms with Gasteiger partial charge in [0.15, 0.2) is 0 Å². The topological polar surface area (TPSA) is 83.5 Å². The Morgan fingerprint density at radius 1 is 1.67 bits per heavy atom. The van der Waals surface area contributed by atoms with E-state index in [0.717, 1.165) is 0 Å². The number of rotatable bonds is 2. The van der Waals surface area contributed by atoms with Crippen molar-refractivity contribution in [1.29, 1.82) is 0 Å². The molecule has 0 amide bonds. The molecule has 5 heteroatoms. The molecule has 0 aromatic rings. The Balaban J connectivity index is 0.